The zero-order valence-corrected chi connectivity index (χ0v) is 11.0. The lowest BCUT2D eigenvalue weighted by Gasteiger charge is -2.31. The van der Waals surface area contributed by atoms with E-state index in [0.29, 0.717) is 5.92 Å². The fraction of sp³-hybridized carbons (Fsp3) is 0.538. The van der Waals surface area contributed by atoms with Crippen LogP contribution in [0.4, 0.5) is 0 Å². The van der Waals surface area contributed by atoms with Crippen molar-refractivity contribution < 1.29 is 4.79 Å². The third kappa shape index (κ3) is 3.16. The van der Waals surface area contributed by atoms with Crippen molar-refractivity contribution in [1.82, 2.24) is 9.88 Å². The van der Waals surface area contributed by atoms with Crippen LogP contribution in [0, 0.1) is 12.8 Å². The summed E-state index contributed by atoms with van der Waals surface area (Å²) in [5.41, 5.74) is 1.10. The number of likely N-dealkylation sites (tertiary alicyclic amines) is 1. The number of aromatic nitrogens is 1. The number of hydrogen-bond donors (Lipinski definition) is 0. The van der Waals surface area contributed by atoms with Crippen LogP contribution < -0.4 is 0 Å². The topological polar surface area (TPSA) is 33.2 Å². The first-order valence-corrected chi connectivity index (χ1v) is 6.89. The van der Waals surface area contributed by atoms with Crippen molar-refractivity contribution in [1.29, 1.82) is 0 Å². The van der Waals surface area contributed by atoms with Gasteiger partial charge in [-0.25, -0.2) is 4.98 Å². The first-order valence-electron chi connectivity index (χ1n) is 6.01. The van der Waals surface area contributed by atoms with E-state index in [4.69, 9.17) is 0 Å². The molecule has 0 saturated carbocycles. The lowest BCUT2D eigenvalue weighted by atomic mass is 9.95. The van der Waals surface area contributed by atoms with E-state index in [1.807, 2.05) is 11.8 Å². The van der Waals surface area contributed by atoms with Crippen LogP contribution in [0.3, 0.4) is 0 Å². The lowest BCUT2D eigenvalue weighted by molar-refractivity contribution is -0.127. The van der Waals surface area contributed by atoms with Gasteiger partial charge in [-0.1, -0.05) is 6.58 Å². The predicted octanol–water partition coefficient (Wildman–Crippen LogP) is 2.42. The summed E-state index contributed by atoms with van der Waals surface area (Å²) >= 11 is 1.72. The number of hydrogen-bond acceptors (Lipinski definition) is 3. The Hall–Kier alpha value is -1.16. The maximum Gasteiger partial charge on any atom is 0.245 e. The number of nitrogens with zero attached hydrogens (tertiary/aromatic N) is 2. The predicted molar refractivity (Wildman–Crippen MR) is 70.1 cm³/mol. The van der Waals surface area contributed by atoms with Gasteiger partial charge in [0.1, 0.15) is 0 Å². The number of carbonyl (C=O) groups is 1. The molecule has 17 heavy (non-hydrogen) atoms. The van der Waals surface area contributed by atoms with E-state index in [9.17, 15) is 4.79 Å². The normalized spacial score (nSPS) is 20.3. The highest BCUT2D eigenvalue weighted by Crippen LogP contribution is 2.22. The number of rotatable bonds is 3. The van der Waals surface area contributed by atoms with Gasteiger partial charge in [0.2, 0.25) is 5.91 Å². The van der Waals surface area contributed by atoms with E-state index in [1.54, 1.807) is 11.3 Å². The summed E-state index contributed by atoms with van der Waals surface area (Å²) in [4.78, 5) is 18.0. The molecule has 4 heteroatoms. The molecule has 2 rings (SSSR count). The number of amides is 1. The maximum atomic E-state index is 11.6. The van der Waals surface area contributed by atoms with Crippen LogP contribution in [-0.2, 0) is 11.2 Å². The van der Waals surface area contributed by atoms with Crippen LogP contribution in [-0.4, -0.2) is 28.9 Å². The van der Waals surface area contributed by atoms with Gasteiger partial charge in [0.25, 0.3) is 0 Å². The van der Waals surface area contributed by atoms with E-state index in [0.717, 1.165) is 31.6 Å². The van der Waals surface area contributed by atoms with Crippen LogP contribution in [0.5, 0.6) is 0 Å². The quantitative estimate of drug-likeness (QED) is 0.772. The number of aryl methyl sites for hydroxylation is 1. The third-order valence-electron chi connectivity index (χ3n) is 3.14. The molecule has 0 spiro atoms. The van der Waals surface area contributed by atoms with Crippen LogP contribution in [0.15, 0.2) is 18.0 Å². The van der Waals surface area contributed by atoms with Gasteiger partial charge in [-0.3, -0.25) is 4.79 Å². The van der Waals surface area contributed by atoms with E-state index in [1.165, 1.54) is 17.5 Å². The molecule has 1 atom stereocenters. The van der Waals surface area contributed by atoms with E-state index < -0.39 is 0 Å². The molecule has 1 saturated heterocycles. The molecule has 0 aromatic carbocycles. The van der Waals surface area contributed by atoms with Gasteiger partial charge >= 0.3 is 0 Å². The Kier molecular flexibility index (Phi) is 3.94. The molecular weight excluding hydrogens is 232 g/mol. The SMILES string of the molecule is C=CC(=O)N1CCCC(Cc2nc(C)cs2)C1. The summed E-state index contributed by atoms with van der Waals surface area (Å²) in [6, 6.07) is 0. The summed E-state index contributed by atoms with van der Waals surface area (Å²) in [5, 5.41) is 3.28. The van der Waals surface area contributed by atoms with Gasteiger partial charge in [-0.2, -0.15) is 0 Å². The summed E-state index contributed by atoms with van der Waals surface area (Å²) in [5.74, 6) is 0.614. The van der Waals surface area contributed by atoms with Gasteiger partial charge in [-0.15, -0.1) is 11.3 Å². The molecule has 0 N–H and O–H groups in total. The summed E-state index contributed by atoms with van der Waals surface area (Å²) in [7, 11) is 0. The number of thiazole rings is 1. The molecule has 1 aromatic heterocycles. The van der Waals surface area contributed by atoms with Crippen molar-refractivity contribution in [3.63, 3.8) is 0 Å². The van der Waals surface area contributed by atoms with Crippen LogP contribution >= 0.6 is 11.3 Å². The Morgan fingerprint density at radius 1 is 1.76 bits per heavy atom. The van der Waals surface area contributed by atoms with Crippen LogP contribution in [0.2, 0.25) is 0 Å². The molecule has 0 radical (unpaired) electrons. The van der Waals surface area contributed by atoms with Crippen molar-refractivity contribution in [3.05, 3.63) is 28.7 Å². The number of piperidine rings is 1. The molecule has 1 aromatic rings. The zero-order valence-electron chi connectivity index (χ0n) is 10.2. The molecular formula is C13H18N2OS. The molecule has 92 valence electrons. The Morgan fingerprint density at radius 3 is 3.24 bits per heavy atom. The molecule has 1 aliphatic heterocycles. The Balaban J connectivity index is 1.93. The fourth-order valence-corrected chi connectivity index (χ4v) is 3.19. The average Bonchev–Trinajstić information content (AvgIpc) is 2.74. The maximum absolute atomic E-state index is 11.6. The van der Waals surface area contributed by atoms with Crippen molar-refractivity contribution in [2.24, 2.45) is 5.92 Å². The van der Waals surface area contributed by atoms with Gasteiger partial charge in [-0.05, 0) is 31.8 Å². The minimum Gasteiger partial charge on any atom is -0.339 e. The second kappa shape index (κ2) is 5.45. The van der Waals surface area contributed by atoms with Gasteiger partial charge in [0, 0.05) is 30.6 Å². The van der Waals surface area contributed by atoms with Crippen molar-refractivity contribution >= 4 is 17.2 Å². The van der Waals surface area contributed by atoms with Crippen molar-refractivity contribution in [2.45, 2.75) is 26.2 Å². The first-order chi connectivity index (χ1) is 8.19. The molecule has 0 bridgehead atoms. The molecule has 1 amide bonds. The molecule has 1 unspecified atom stereocenters. The smallest absolute Gasteiger partial charge is 0.245 e. The molecule has 2 heterocycles. The second-order valence-corrected chi connectivity index (χ2v) is 5.53. The highest BCUT2D eigenvalue weighted by atomic mass is 32.1. The highest BCUT2D eigenvalue weighted by molar-refractivity contribution is 7.09. The standard InChI is InChI=1S/C13H18N2OS/c1-3-13(16)15-6-4-5-11(8-15)7-12-14-10(2)9-17-12/h3,9,11H,1,4-8H2,2H3. The first kappa shape index (κ1) is 12.3. The molecule has 1 aliphatic rings. The molecule has 3 nitrogen and oxygen atoms in total. The van der Waals surface area contributed by atoms with Crippen LogP contribution in [0.25, 0.3) is 0 Å². The van der Waals surface area contributed by atoms with Crippen molar-refractivity contribution in [2.75, 3.05) is 13.1 Å². The summed E-state index contributed by atoms with van der Waals surface area (Å²) < 4.78 is 0. The van der Waals surface area contributed by atoms with Gasteiger partial charge in [0.05, 0.1) is 5.01 Å². The largest absolute Gasteiger partial charge is 0.339 e. The average molecular weight is 250 g/mol. The fourth-order valence-electron chi connectivity index (χ4n) is 2.30. The Labute approximate surface area is 106 Å². The second-order valence-electron chi connectivity index (χ2n) is 4.58. The number of carbonyl (C=O) groups excluding carboxylic acids is 1. The van der Waals surface area contributed by atoms with Gasteiger partial charge in [0.15, 0.2) is 0 Å². The van der Waals surface area contributed by atoms with Gasteiger partial charge < -0.3 is 4.90 Å². The van der Waals surface area contributed by atoms with E-state index in [2.05, 4.69) is 16.9 Å². The molecule has 0 aliphatic carbocycles. The highest BCUT2D eigenvalue weighted by Gasteiger charge is 2.23. The zero-order chi connectivity index (χ0) is 12.3. The summed E-state index contributed by atoms with van der Waals surface area (Å²) in [6.07, 6.45) is 4.70. The Bertz CT molecular complexity index is 413. The third-order valence-corrected chi connectivity index (χ3v) is 4.12. The minimum absolute atomic E-state index is 0.0602. The van der Waals surface area contributed by atoms with E-state index >= 15 is 0 Å². The van der Waals surface area contributed by atoms with E-state index in [-0.39, 0.29) is 5.91 Å². The van der Waals surface area contributed by atoms with Crippen LogP contribution in [0.1, 0.15) is 23.5 Å². The Morgan fingerprint density at radius 2 is 2.59 bits per heavy atom. The minimum atomic E-state index is 0.0602. The van der Waals surface area contributed by atoms with Crippen molar-refractivity contribution in [3.8, 4) is 0 Å². The monoisotopic (exact) mass is 250 g/mol. The summed E-state index contributed by atoms with van der Waals surface area (Å²) in [6.45, 7) is 7.29. The lowest BCUT2D eigenvalue weighted by Crippen LogP contribution is -2.39. The molecule has 1 fully saturated rings.